The Kier molecular flexibility index (Phi) is 3.86. The minimum absolute atomic E-state index is 0.0609. The lowest BCUT2D eigenvalue weighted by Gasteiger charge is -2.09. The number of anilines is 1. The van der Waals surface area contributed by atoms with Crippen LogP contribution in [0.3, 0.4) is 0 Å². The number of benzene rings is 2. The Morgan fingerprint density at radius 2 is 1.86 bits per heavy atom. The fraction of sp³-hybridized carbons (Fsp3) is 0.0714. The molecule has 0 heterocycles. The van der Waals surface area contributed by atoms with E-state index in [4.69, 9.17) is 5.11 Å². The molecule has 0 saturated carbocycles. The number of phenolic OH excluding ortho intramolecular Hbond substituents is 1. The second-order valence-electron chi connectivity index (χ2n) is 4.44. The van der Waals surface area contributed by atoms with Gasteiger partial charge < -0.3 is 10.2 Å². The van der Waals surface area contributed by atoms with Crippen molar-refractivity contribution in [1.82, 2.24) is 0 Å². The van der Waals surface area contributed by atoms with Crippen LogP contribution in [0.5, 0.6) is 5.75 Å². The van der Waals surface area contributed by atoms with E-state index in [1.807, 2.05) is 0 Å². The Labute approximate surface area is 121 Å². The van der Waals surface area contributed by atoms with Gasteiger partial charge in [-0.1, -0.05) is 6.07 Å². The number of hydrogen-bond donors (Lipinski definition) is 3. The van der Waals surface area contributed by atoms with Crippen LogP contribution in [0.25, 0.3) is 0 Å². The van der Waals surface area contributed by atoms with Crippen LogP contribution in [0.2, 0.25) is 0 Å². The van der Waals surface area contributed by atoms with Crippen molar-refractivity contribution in [1.29, 1.82) is 0 Å². The van der Waals surface area contributed by atoms with Crippen molar-refractivity contribution in [2.45, 2.75) is 11.8 Å². The van der Waals surface area contributed by atoms with Gasteiger partial charge in [0.15, 0.2) is 0 Å². The molecule has 0 bridgehead atoms. The number of aryl methyl sites for hydroxylation is 1. The maximum Gasteiger partial charge on any atom is 0.335 e. The van der Waals surface area contributed by atoms with Gasteiger partial charge in [0.1, 0.15) is 5.75 Å². The zero-order valence-electron chi connectivity index (χ0n) is 11.1. The molecular formula is C14H13NO5S. The quantitative estimate of drug-likeness (QED) is 0.751. The van der Waals surface area contributed by atoms with Crippen molar-refractivity contribution in [2.75, 3.05) is 4.72 Å². The first-order chi connectivity index (χ1) is 9.79. The SMILES string of the molecule is Cc1cc(NS(=O)(=O)c2cccc(C(=O)O)c2)ccc1O. The van der Waals surface area contributed by atoms with Crippen LogP contribution in [0, 0.1) is 6.92 Å². The lowest BCUT2D eigenvalue weighted by molar-refractivity contribution is 0.0696. The van der Waals surface area contributed by atoms with Crippen LogP contribution >= 0.6 is 0 Å². The van der Waals surface area contributed by atoms with Crippen LogP contribution in [0.1, 0.15) is 15.9 Å². The highest BCUT2D eigenvalue weighted by Crippen LogP contribution is 2.23. The van der Waals surface area contributed by atoms with Crippen molar-refractivity contribution in [3.8, 4) is 5.75 Å². The second kappa shape index (κ2) is 5.45. The number of hydrogen-bond acceptors (Lipinski definition) is 4. The van der Waals surface area contributed by atoms with E-state index >= 15 is 0 Å². The normalized spacial score (nSPS) is 11.1. The molecule has 0 spiro atoms. The van der Waals surface area contributed by atoms with Gasteiger partial charge >= 0.3 is 5.97 Å². The Morgan fingerprint density at radius 1 is 1.14 bits per heavy atom. The largest absolute Gasteiger partial charge is 0.508 e. The highest BCUT2D eigenvalue weighted by atomic mass is 32.2. The highest BCUT2D eigenvalue weighted by Gasteiger charge is 2.16. The summed E-state index contributed by atoms with van der Waals surface area (Å²) >= 11 is 0. The van der Waals surface area contributed by atoms with Crippen molar-refractivity contribution in [3.05, 3.63) is 53.6 Å². The van der Waals surface area contributed by atoms with Crippen LogP contribution in [0.4, 0.5) is 5.69 Å². The van der Waals surface area contributed by atoms with Gasteiger partial charge in [-0.05, 0) is 48.9 Å². The molecule has 110 valence electrons. The minimum atomic E-state index is -3.89. The number of sulfonamides is 1. The summed E-state index contributed by atoms with van der Waals surface area (Å²) in [7, 11) is -3.89. The molecule has 0 aliphatic heterocycles. The van der Waals surface area contributed by atoms with E-state index in [1.165, 1.54) is 36.4 Å². The number of carbonyl (C=O) groups is 1. The summed E-state index contributed by atoms with van der Waals surface area (Å²) in [5, 5.41) is 18.3. The molecule has 0 amide bonds. The first kappa shape index (κ1) is 14.9. The van der Waals surface area contributed by atoms with E-state index in [1.54, 1.807) is 6.92 Å². The summed E-state index contributed by atoms with van der Waals surface area (Å²) in [6.07, 6.45) is 0. The van der Waals surface area contributed by atoms with Gasteiger partial charge in [0.25, 0.3) is 10.0 Å². The highest BCUT2D eigenvalue weighted by molar-refractivity contribution is 7.92. The monoisotopic (exact) mass is 307 g/mol. The average Bonchev–Trinajstić information content (AvgIpc) is 2.43. The number of rotatable bonds is 4. The smallest absolute Gasteiger partial charge is 0.335 e. The van der Waals surface area contributed by atoms with E-state index in [0.717, 1.165) is 6.07 Å². The van der Waals surface area contributed by atoms with Crippen LogP contribution in [-0.4, -0.2) is 24.6 Å². The second-order valence-corrected chi connectivity index (χ2v) is 6.12. The van der Waals surface area contributed by atoms with Crippen molar-refractivity contribution < 1.29 is 23.4 Å². The Morgan fingerprint density at radius 3 is 2.48 bits per heavy atom. The van der Waals surface area contributed by atoms with E-state index in [9.17, 15) is 18.3 Å². The molecule has 2 aromatic rings. The third kappa shape index (κ3) is 3.32. The Hall–Kier alpha value is -2.54. The molecule has 0 radical (unpaired) electrons. The van der Waals surface area contributed by atoms with E-state index in [2.05, 4.69) is 4.72 Å². The number of phenols is 1. The summed E-state index contributed by atoms with van der Waals surface area (Å²) in [4.78, 5) is 10.7. The molecule has 0 fully saturated rings. The maximum atomic E-state index is 12.2. The van der Waals surface area contributed by atoms with Gasteiger partial charge in [0, 0.05) is 5.69 Å². The molecule has 2 rings (SSSR count). The number of nitrogens with one attached hydrogen (secondary N) is 1. The molecule has 6 nitrogen and oxygen atoms in total. The fourth-order valence-corrected chi connectivity index (χ4v) is 2.82. The molecule has 0 atom stereocenters. The van der Waals surface area contributed by atoms with Gasteiger partial charge in [-0.15, -0.1) is 0 Å². The molecular weight excluding hydrogens is 294 g/mol. The summed E-state index contributed by atoms with van der Waals surface area (Å²) in [5.41, 5.74) is 0.695. The predicted octanol–water partition coefficient (Wildman–Crippen LogP) is 2.20. The standard InChI is InChI=1S/C14H13NO5S/c1-9-7-11(5-6-13(9)16)15-21(19,20)12-4-2-3-10(8-12)14(17)18/h2-8,15-16H,1H3,(H,17,18). The summed E-state index contributed by atoms with van der Waals surface area (Å²) in [5.74, 6) is -1.14. The van der Waals surface area contributed by atoms with Crippen molar-refractivity contribution >= 4 is 21.7 Å². The van der Waals surface area contributed by atoms with Crippen molar-refractivity contribution in [2.24, 2.45) is 0 Å². The fourth-order valence-electron chi connectivity index (χ4n) is 1.73. The third-order valence-corrected chi connectivity index (χ3v) is 4.22. The predicted molar refractivity (Wildman–Crippen MR) is 77.1 cm³/mol. The molecule has 2 aromatic carbocycles. The van der Waals surface area contributed by atoms with Gasteiger partial charge in [0.2, 0.25) is 0 Å². The molecule has 0 aliphatic carbocycles. The molecule has 0 aromatic heterocycles. The van der Waals surface area contributed by atoms with Gasteiger partial charge in [-0.25, -0.2) is 13.2 Å². The molecule has 3 N–H and O–H groups in total. The maximum absolute atomic E-state index is 12.2. The Balaban J connectivity index is 2.36. The van der Waals surface area contributed by atoms with E-state index < -0.39 is 16.0 Å². The zero-order chi connectivity index (χ0) is 15.6. The summed E-state index contributed by atoms with van der Waals surface area (Å²) in [6, 6.07) is 9.34. The number of carboxylic acids is 1. The minimum Gasteiger partial charge on any atom is -0.508 e. The topological polar surface area (TPSA) is 104 Å². The molecule has 0 aliphatic rings. The zero-order valence-corrected chi connectivity index (χ0v) is 11.9. The van der Waals surface area contributed by atoms with Crippen molar-refractivity contribution in [3.63, 3.8) is 0 Å². The molecule has 21 heavy (non-hydrogen) atoms. The molecule has 0 saturated heterocycles. The first-order valence-electron chi connectivity index (χ1n) is 5.95. The van der Waals surface area contributed by atoms with E-state index in [0.29, 0.717) is 5.56 Å². The van der Waals surface area contributed by atoms with Gasteiger partial charge in [-0.2, -0.15) is 0 Å². The first-order valence-corrected chi connectivity index (χ1v) is 7.44. The van der Waals surface area contributed by atoms with Crippen LogP contribution in [0.15, 0.2) is 47.4 Å². The van der Waals surface area contributed by atoms with Crippen LogP contribution < -0.4 is 4.72 Å². The van der Waals surface area contributed by atoms with E-state index in [-0.39, 0.29) is 21.9 Å². The van der Waals surface area contributed by atoms with Gasteiger partial charge in [-0.3, -0.25) is 4.72 Å². The lowest BCUT2D eigenvalue weighted by atomic mass is 10.2. The average molecular weight is 307 g/mol. The molecule has 7 heteroatoms. The number of aromatic carboxylic acids is 1. The number of aromatic hydroxyl groups is 1. The lowest BCUT2D eigenvalue weighted by Crippen LogP contribution is -2.13. The molecule has 0 unspecified atom stereocenters. The summed E-state index contributed by atoms with van der Waals surface area (Å²) < 4.78 is 26.7. The Bertz CT molecular complexity index is 799. The summed E-state index contributed by atoms with van der Waals surface area (Å²) in [6.45, 7) is 1.64. The van der Waals surface area contributed by atoms with Crippen LogP contribution in [-0.2, 0) is 10.0 Å². The third-order valence-electron chi connectivity index (χ3n) is 2.84. The van der Waals surface area contributed by atoms with Gasteiger partial charge in [0.05, 0.1) is 10.5 Å². The number of carboxylic acid groups (broad SMARTS) is 1.